The Balaban J connectivity index is 2.41. The van der Waals surface area contributed by atoms with Gasteiger partial charge in [0.1, 0.15) is 10.7 Å². The molecule has 0 aromatic heterocycles. The molecular formula is C13H16FNO4S. The van der Waals surface area contributed by atoms with Gasteiger partial charge in [0.15, 0.2) is 0 Å². The van der Waals surface area contributed by atoms with Crippen LogP contribution in [0.15, 0.2) is 23.1 Å². The van der Waals surface area contributed by atoms with E-state index in [9.17, 15) is 17.6 Å². The molecule has 0 spiro atoms. The van der Waals surface area contributed by atoms with E-state index in [1.165, 1.54) is 26.0 Å². The van der Waals surface area contributed by atoms with Crippen molar-refractivity contribution < 1.29 is 22.7 Å². The molecule has 0 aliphatic carbocycles. The molecule has 1 N–H and O–H groups in total. The molecule has 110 valence electrons. The highest BCUT2D eigenvalue weighted by molar-refractivity contribution is 7.89. The lowest BCUT2D eigenvalue weighted by Gasteiger charge is -2.21. The molecule has 1 aromatic rings. The second kappa shape index (κ2) is 4.82. The predicted molar refractivity (Wildman–Crippen MR) is 70.3 cm³/mol. The number of aryl methyl sites for hydroxylation is 1. The summed E-state index contributed by atoms with van der Waals surface area (Å²) in [5, 5.41) is 9.14. The van der Waals surface area contributed by atoms with Crippen molar-refractivity contribution in [3.05, 3.63) is 29.6 Å². The summed E-state index contributed by atoms with van der Waals surface area (Å²) in [4.78, 5) is 10.8. The molecule has 1 aliphatic heterocycles. The summed E-state index contributed by atoms with van der Waals surface area (Å²) in [7, 11) is -4.01. The fraction of sp³-hybridized carbons (Fsp3) is 0.462. The van der Waals surface area contributed by atoms with E-state index in [2.05, 4.69) is 0 Å². The number of carboxylic acid groups (broad SMARTS) is 1. The predicted octanol–water partition coefficient (Wildman–Crippen LogP) is 1.62. The number of halogens is 1. The zero-order valence-corrected chi connectivity index (χ0v) is 12.1. The van der Waals surface area contributed by atoms with Crippen LogP contribution in [0.5, 0.6) is 0 Å². The van der Waals surface area contributed by atoms with Gasteiger partial charge in [0.05, 0.1) is 5.41 Å². The molecule has 1 atom stereocenters. The van der Waals surface area contributed by atoms with Crippen LogP contribution in [0.3, 0.4) is 0 Å². The third-order valence-corrected chi connectivity index (χ3v) is 5.74. The Kier molecular flexibility index (Phi) is 3.60. The largest absolute Gasteiger partial charge is 0.481 e. The molecule has 1 aliphatic rings. The lowest BCUT2D eigenvalue weighted by molar-refractivity contribution is -0.146. The van der Waals surface area contributed by atoms with Gasteiger partial charge in [0.25, 0.3) is 0 Å². The van der Waals surface area contributed by atoms with Crippen LogP contribution >= 0.6 is 0 Å². The topological polar surface area (TPSA) is 74.7 Å². The summed E-state index contributed by atoms with van der Waals surface area (Å²) in [6.07, 6.45) is 0.217. The standard InChI is InChI=1S/C13H16FNO4S/c1-9-4-3-5-10(14)11(9)20(18,19)15-7-6-13(2,8-15)12(16)17/h3-5H,6-8H2,1-2H3,(H,16,17). The van der Waals surface area contributed by atoms with E-state index >= 15 is 0 Å². The van der Waals surface area contributed by atoms with E-state index < -0.39 is 27.2 Å². The van der Waals surface area contributed by atoms with E-state index in [0.29, 0.717) is 5.56 Å². The number of nitrogens with zero attached hydrogens (tertiary/aromatic N) is 1. The van der Waals surface area contributed by atoms with Crippen LogP contribution < -0.4 is 0 Å². The second-order valence-electron chi connectivity index (χ2n) is 5.34. The Morgan fingerprint density at radius 2 is 2.10 bits per heavy atom. The molecule has 0 saturated carbocycles. The van der Waals surface area contributed by atoms with Gasteiger partial charge >= 0.3 is 5.97 Å². The first-order valence-corrected chi connectivity index (χ1v) is 7.61. The summed E-state index contributed by atoms with van der Waals surface area (Å²) in [6.45, 7) is 2.96. The van der Waals surface area contributed by atoms with Crippen LogP contribution in [0.25, 0.3) is 0 Å². The SMILES string of the molecule is Cc1cccc(F)c1S(=O)(=O)N1CCC(C)(C(=O)O)C1. The van der Waals surface area contributed by atoms with Gasteiger partial charge in [-0.25, -0.2) is 12.8 Å². The fourth-order valence-corrected chi connectivity index (χ4v) is 4.21. The number of carbonyl (C=O) groups is 1. The van der Waals surface area contributed by atoms with Crippen molar-refractivity contribution in [3.8, 4) is 0 Å². The highest BCUT2D eigenvalue weighted by atomic mass is 32.2. The summed E-state index contributed by atoms with van der Waals surface area (Å²) < 4.78 is 39.8. The normalized spacial score (nSPS) is 23.9. The van der Waals surface area contributed by atoms with Crippen molar-refractivity contribution >= 4 is 16.0 Å². The Bertz CT molecular complexity index is 638. The third kappa shape index (κ3) is 2.31. The molecule has 1 fully saturated rings. The summed E-state index contributed by atoms with van der Waals surface area (Å²) in [6, 6.07) is 4.05. The molecule has 1 aromatic carbocycles. The van der Waals surface area contributed by atoms with Crippen molar-refractivity contribution in [2.24, 2.45) is 5.41 Å². The Hall–Kier alpha value is -1.47. The average molecular weight is 301 g/mol. The maximum absolute atomic E-state index is 13.8. The van der Waals surface area contributed by atoms with Crippen molar-refractivity contribution in [1.29, 1.82) is 0 Å². The van der Waals surface area contributed by atoms with Gasteiger partial charge in [-0.05, 0) is 31.9 Å². The zero-order chi connectivity index (χ0) is 15.1. The number of aliphatic carboxylic acids is 1. The second-order valence-corrected chi connectivity index (χ2v) is 7.22. The lowest BCUT2D eigenvalue weighted by atomic mass is 9.90. The number of hydrogen-bond donors (Lipinski definition) is 1. The molecule has 0 amide bonds. The van der Waals surface area contributed by atoms with E-state index in [1.54, 1.807) is 0 Å². The van der Waals surface area contributed by atoms with Crippen molar-refractivity contribution in [1.82, 2.24) is 4.31 Å². The van der Waals surface area contributed by atoms with Gasteiger partial charge in [-0.15, -0.1) is 0 Å². The van der Waals surface area contributed by atoms with E-state index in [0.717, 1.165) is 10.4 Å². The smallest absolute Gasteiger partial charge is 0.310 e. The monoisotopic (exact) mass is 301 g/mol. The van der Waals surface area contributed by atoms with Gasteiger partial charge in [-0.1, -0.05) is 12.1 Å². The highest BCUT2D eigenvalue weighted by Crippen LogP contribution is 2.34. The third-order valence-electron chi connectivity index (χ3n) is 3.72. The molecule has 2 rings (SSSR count). The van der Waals surface area contributed by atoms with Crippen LogP contribution in [0.2, 0.25) is 0 Å². The number of rotatable bonds is 3. The van der Waals surface area contributed by atoms with Gasteiger partial charge in [0.2, 0.25) is 10.0 Å². The van der Waals surface area contributed by atoms with Gasteiger partial charge in [-0.3, -0.25) is 4.79 Å². The first kappa shape index (κ1) is 14.9. The molecule has 1 saturated heterocycles. The zero-order valence-electron chi connectivity index (χ0n) is 11.3. The van der Waals surface area contributed by atoms with Crippen molar-refractivity contribution in [2.45, 2.75) is 25.2 Å². The van der Waals surface area contributed by atoms with E-state index in [4.69, 9.17) is 5.11 Å². The van der Waals surface area contributed by atoms with Crippen LogP contribution in [-0.4, -0.2) is 36.9 Å². The summed E-state index contributed by atoms with van der Waals surface area (Å²) in [5.41, 5.74) is -0.805. The van der Waals surface area contributed by atoms with Crippen LogP contribution in [-0.2, 0) is 14.8 Å². The Morgan fingerprint density at radius 1 is 1.45 bits per heavy atom. The molecule has 5 nitrogen and oxygen atoms in total. The number of sulfonamides is 1. The number of benzene rings is 1. The highest BCUT2D eigenvalue weighted by Gasteiger charge is 2.45. The summed E-state index contributed by atoms with van der Waals surface area (Å²) in [5.74, 6) is -1.85. The molecule has 0 bridgehead atoms. The van der Waals surface area contributed by atoms with Gasteiger partial charge < -0.3 is 5.11 Å². The minimum absolute atomic E-state index is 0.0822. The number of hydrogen-bond acceptors (Lipinski definition) is 3. The van der Waals surface area contributed by atoms with Crippen molar-refractivity contribution in [3.63, 3.8) is 0 Å². The van der Waals surface area contributed by atoms with Crippen LogP contribution in [0.4, 0.5) is 4.39 Å². The average Bonchev–Trinajstić information content (AvgIpc) is 2.73. The number of carboxylic acids is 1. The first-order valence-electron chi connectivity index (χ1n) is 6.17. The van der Waals surface area contributed by atoms with Crippen LogP contribution in [0, 0.1) is 18.2 Å². The van der Waals surface area contributed by atoms with Crippen LogP contribution in [0.1, 0.15) is 18.9 Å². The summed E-state index contributed by atoms with van der Waals surface area (Å²) >= 11 is 0. The minimum Gasteiger partial charge on any atom is -0.481 e. The Labute approximate surface area is 117 Å². The van der Waals surface area contributed by atoms with Gasteiger partial charge in [0, 0.05) is 13.1 Å². The quantitative estimate of drug-likeness (QED) is 0.920. The van der Waals surface area contributed by atoms with E-state index in [1.807, 2.05) is 0 Å². The first-order chi connectivity index (χ1) is 9.18. The molecule has 7 heteroatoms. The minimum atomic E-state index is -4.01. The maximum atomic E-state index is 13.8. The molecular weight excluding hydrogens is 285 g/mol. The molecule has 0 radical (unpaired) electrons. The van der Waals surface area contributed by atoms with Crippen molar-refractivity contribution in [2.75, 3.05) is 13.1 Å². The molecule has 20 heavy (non-hydrogen) atoms. The molecule has 1 unspecified atom stereocenters. The maximum Gasteiger partial charge on any atom is 0.310 e. The fourth-order valence-electron chi connectivity index (χ4n) is 2.37. The van der Waals surface area contributed by atoms with E-state index in [-0.39, 0.29) is 24.4 Å². The Morgan fingerprint density at radius 3 is 2.60 bits per heavy atom. The van der Waals surface area contributed by atoms with Gasteiger partial charge in [-0.2, -0.15) is 4.31 Å². The lowest BCUT2D eigenvalue weighted by Crippen LogP contribution is -2.35. The molecule has 1 heterocycles.